The molecule has 0 aromatic heterocycles. The third-order valence-corrected chi connectivity index (χ3v) is 8.21. The topological polar surface area (TPSA) is 61.4 Å². The van der Waals surface area contributed by atoms with Crippen LogP contribution >= 0.6 is 11.8 Å². The van der Waals surface area contributed by atoms with Crippen molar-refractivity contribution in [2.45, 2.75) is 55.1 Å². The van der Waals surface area contributed by atoms with Gasteiger partial charge in [-0.05, 0) is 49.3 Å². The predicted molar refractivity (Wildman–Crippen MR) is 114 cm³/mol. The maximum Gasteiger partial charge on any atom is 0.175 e. The summed E-state index contributed by atoms with van der Waals surface area (Å²) in [5.74, 6) is 1.83. The predicted octanol–water partition coefficient (Wildman–Crippen LogP) is 2.50. The molecule has 2 fully saturated rings. The van der Waals surface area contributed by atoms with Gasteiger partial charge in [0.2, 0.25) is 0 Å². The SMILES string of the molecule is CC(C)C1C(NCC2CCCS2)NC(c2ccc(S(C)(=O)=O)cc2)CN1C. The van der Waals surface area contributed by atoms with Crippen molar-refractivity contribution < 1.29 is 8.42 Å². The van der Waals surface area contributed by atoms with Crippen molar-refractivity contribution in [1.29, 1.82) is 0 Å². The molecular formula is C20H33N3O2S2. The lowest BCUT2D eigenvalue weighted by atomic mass is 9.93. The number of nitrogens with one attached hydrogen (secondary N) is 2. The fourth-order valence-electron chi connectivity index (χ4n) is 4.32. The van der Waals surface area contributed by atoms with Crippen LogP contribution in [0, 0.1) is 5.92 Å². The van der Waals surface area contributed by atoms with Crippen molar-refractivity contribution in [2.75, 3.05) is 32.1 Å². The summed E-state index contributed by atoms with van der Waals surface area (Å²) in [5.41, 5.74) is 1.14. The highest BCUT2D eigenvalue weighted by Crippen LogP contribution is 2.28. The van der Waals surface area contributed by atoms with Crippen LogP contribution in [0.15, 0.2) is 29.2 Å². The summed E-state index contributed by atoms with van der Waals surface area (Å²) in [6.07, 6.45) is 4.12. The minimum absolute atomic E-state index is 0.187. The Hall–Kier alpha value is -0.600. The largest absolute Gasteiger partial charge is 0.299 e. The Labute approximate surface area is 168 Å². The quantitative estimate of drug-likeness (QED) is 0.750. The van der Waals surface area contributed by atoms with E-state index in [1.165, 1.54) is 24.9 Å². The molecule has 2 heterocycles. The minimum Gasteiger partial charge on any atom is -0.299 e. The number of hydrogen-bond donors (Lipinski definition) is 2. The van der Waals surface area contributed by atoms with E-state index in [1.54, 1.807) is 12.1 Å². The highest BCUT2D eigenvalue weighted by molar-refractivity contribution is 8.00. The molecule has 4 atom stereocenters. The monoisotopic (exact) mass is 411 g/mol. The minimum atomic E-state index is -3.16. The van der Waals surface area contributed by atoms with Crippen molar-refractivity contribution in [1.82, 2.24) is 15.5 Å². The second-order valence-electron chi connectivity index (χ2n) is 8.26. The number of nitrogens with zero attached hydrogens (tertiary/aromatic N) is 1. The van der Waals surface area contributed by atoms with Crippen LogP contribution in [0.5, 0.6) is 0 Å². The van der Waals surface area contributed by atoms with Gasteiger partial charge in [-0.3, -0.25) is 15.5 Å². The maximum atomic E-state index is 11.7. The first-order valence-corrected chi connectivity index (χ1v) is 12.8. The van der Waals surface area contributed by atoms with Crippen molar-refractivity contribution in [2.24, 2.45) is 5.92 Å². The van der Waals surface area contributed by atoms with Crippen molar-refractivity contribution >= 4 is 21.6 Å². The van der Waals surface area contributed by atoms with E-state index in [2.05, 4.69) is 48.2 Å². The van der Waals surface area contributed by atoms with E-state index in [1.807, 2.05) is 12.1 Å². The van der Waals surface area contributed by atoms with Crippen LogP contribution in [-0.2, 0) is 9.84 Å². The second kappa shape index (κ2) is 8.82. The molecule has 2 aliphatic rings. The summed E-state index contributed by atoms with van der Waals surface area (Å²) >= 11 is 2.08. The molecule has 2 saturated heterocycles. The molecule has 4 unspecified atom stereocenters. The van der Waals surface area contributed by atoms with Gasteiger partial charge in [0.25, 0.3) is 0 Å². The van der Waals surface area contributed by atoms with Crippen LogP contribution < -0.4 is 10.6 Å². The number of likely N-dealkylation sites (N-methyl/N-ethyl adjacent to an activating group) is 1. The van der Waals surface area contributed by atoms with Crippen LogP contribution in [0.2, 0.25) is 0 Å². The van der Waals surface area contributed by atoms with Gasteiger partial charge in [-0.15, -0.1) is 0 Å². The van der Waals surface area contributed by atoms with Gasteiger partial charge in [-0.1, -0.05) is 26.0 Å². The van der Waals surface area contributed by atoms with E-state index >= 15 is 0 Å². The summed E-state index contributed by atoms with van der Waals surface area (Å²) in [6.45, 7) is 6.52. The molecule has 0 aliphatic carbocycles. The molecule has 2 N–H and O–H groups in total. The second-order valence-corrected chi connectivity index (χ2v) is 11.7. The number of thioether (sulfide) groups is 1. The lowest BCUT2D eigenvalue weighted by Crippen LogP contribution is -2.65. The average molecular weight is 412 g/mol. The number of hydrogen-bond acceptors (Lipinski definition) is 6. The van der Waals surface area contributed by atoms with E-state index in [9.17, 15) is 8.42 Å². The zero-order valence-corrected chi connectivity index (χ0v) is 18.4. The van der Waals surface area contributed by atoms with Gasteiger partial charge < -0.3 is 0 Å². The summed E-state index contributed by atoms with van der Waals surface area (Å²) < 4.78 is 23.4. The Kier molecular flexibility index (Phi) is 6.90. The van der Waals surface area contributed by atoms with E-state index in [0.717, 1.165) is 23.9 Å². The van der Waals surface area contributed by atoms with Gasteiger partial charge in [0.15, 0.2) is 9.84 Å². The van der Waals surface area contributed by atoms with Crippen molar-refractivity contribution in [3.8, 4) is 0 Å². The van der Waals surface area contributed by atoms with E-state index in [-0.39, 0.29) is 12.2 Å². The Morgan fingerprint density at radius 3 is 2.56 bits per heavy atom. The molecular weight excluding hydrogens is 378 g/mol. The molecule has 27 heavy (non-hydrogen) atoms. The van der Waals surface area contributed by atoms with Crippen molar-refractivity contribution in [3.05, 3.63) is 29.8 Å². The van der Waals surface area contributed by atoms with Crippen LogP contribution in [0.4, 0.5) is 0 Å². The van der Waals surface area contributed by atoms with Crippen LogP contribution in [0.1, 0.15) is 38.3 Å². The van der Waals surface area contributed by atoms with E-state index < -0.39 is 9.84 Å². The molecule has 152 valence electrons. The molecule has 0 bridgehead atoms. The molecule has 0 saturated carbocycles. The van der Waals surface area contributed by atoms with E-state index in [0.29, 0.717) is 16.9 Å². The Balaban J connectivity index is 1.73. The van der Waals surface area contributed by atoms with Crippen molar-refractivity contribution in [3.63, 3.8) is 0 Å². The summed E-state index contributed by atoms with van der Waals surface area (Å²) in [7, 11) is -0.959. The van der Waals surface area contributed by atoms with Gasteiger partial charge in [-0.2, -0.15) is 11.8 Å². The first-order valence-electron chi connectivity index (χ1n) is 9.87. The number of sulfone groups is 1. The summed E-state index contributed by atoms with van der Waals surface area (Å²) in [4.78, 5) is 2.82. The van der Waals surface area contributed by atoms with Crippen LogP contribution in [0.3, 0.4) is 0 Å². The molecule has 0 radical (unpaired) electrons. The number of benzene rings is 1. The smallest absolute Gasteiger partial charge is 0.175 e. The number of piperazine rings is 1. The summed E-state index contributed by atoms with van der Waals surface area (Å²) in [5, 5.41) is 8.32. The standard InChI is InChI=1S/C20H33N3O2S2/c1-14(2)19-20(21-12-16-6-5-11-26-16)22-18(13-23(19)3)15-7-9-17(10-8-15)27(4,24)25/h7-10,14,16,18-22H,5-6,11-13H2,1-4H3. The van der Waals surface area contributed by atoms with Crippen LogP contribution in [0.25, 0.3) is 0 Å². The van der Waals surface area contributed by atoms with Gasteiger partial charge in [0.1, 0.15) is 0 Å². The van der Waals surface area contributed by atoms with Gasteiger partial charge in [0.05, 0.1) is 11.1 Å². The molecule has 2 aliphatic heterocycles. The lowest BCUT2D eigenvalue weighted by molar-refractivity contribution is 0.0678. The van der Waals surface area contributed by atoms with Gasteiger partial charge in [0, 0.05) is 36.7 Å². The normalized spacial score (nSPS) is 30.1. The Morgan fingerprint density at radius 2 is 2.00 bits per heavy atom. The maximum absolute atomic E-state index is 11.7. The fraction of sp³-hybridized carbons (Fsp3) is 0.700. The van der Waals surface area contributed by atoms with Gasteiger partial charge >= 0.3 is 0 Å². The molecule has 1 aromatic rings. The molecule has 0 spiro atoms. The number of rotatable bonds is 6. The molecule has 7 heteroatoms. The first-order chi connectivity index (χ1) is 12.8. The zero-order chi connectivity index (χ0) is 19.6. The summed E-state index contributed by atoms with van der Waals surface area (Å²) in [6, 6.07) is 7.95. The Bertz CT molecular complexity index is 715. The highest BCUT2D eigenvalue weighted by atomic mass is 32.2. The molecule has 3 rings (SSSR count). The van der Waals surface area contributed by atoms with Crippen LogP contribution in [-0.4, -0.2) is 62.9 Å². The fourth-order valence-corrected chi connectivity index (χ4v) is 6.16. The zero-order valence-electron chi connectivity index (χ0n) is 16.8. The lowest BCUT2D eigenvalue weighted by Gasteiger charge is -2.46. The van der Waals surface area contributed by atoms with E-state index in [4.69, 9.17) is 0 Å². The average Bonchev–Trinajstić information content (AvgIpc) is 3.12. The molecule has 5 nitrogen and oxygen atoms in total. The third-order valence-electron chi connectivity index (χ3n) is 5.68. The molecule has 0 amide bonds. The molecule has 1 aromatic carbocycles. The third kappa shape index (κ3) is 5.26. The first kappa shape index (κ1) is 21.1. The Morgan fingerprint density at radius 1 is 1.30 bits per heavy atom. The highest BCUT2D eigenvalue weighted by Gasteiger charge is 2.36. The van der Waals surface area contributed by atoms with Gasteiger partial charge in [-0.25, -0.2) is 8.42 Å².